The van der Waals surface area contributed by atoms with Gasteiger partial charge in [-0.2, -0.15) is 0 Å². The molecule has 0 aliphatic rings. The molecule has 0 saturated heterocycles. The summed E-state index contributed by atoms with van der Waals surface area (Å²) in [6.07, 6.45) is 0. The molecule has 0 radical (unpaired) electrons. The first kappa shape index (κ1) is 18.8. The smallest absolute Gasteiger partial charge is 0.348 e. The number of carbonyl (C=O) groups is 1. The molecule has 3 nitrogen and oxygen atoms in total. The minimum absolute atomic E-state index is 0.0403. The number of rotatable bonds is 3. The molecule has 5 heteroatoms. The first-order valence-corrected chi connectivity index (χ1v) is 10.2. The van der Waals surface area contributed by atoms with Gasteiger partial charge in [0.1, 0.15) is 11.1 Å². The Morgan fingerprint density at radius 1 is 0.893 bits per heavy atom. The quantitative estimate of drug-likeness (QED) is 0.239. The third kappa shape index (κ3) is 3.48. The van der Waals surface area contributed by atoms with Gasteiger partial charge in [0.15, 0.2) is 0 Å². The average molecular weight is 498 g/mol. The first-order valence-electron chi connectivity index (χ1n) is 8.58. The zero-order valence-electron chi connectivity index (χ0n) is 14.8. The number of benzene rings is 3. The number of halogens is 2. The van der Waals surface area contributed by atoms with Crippen LogP contribution in [0.5, 0.6) is 0 Å². The van der Waals surface area contributed by atoms with Crippen molar-refractivity contribution < 1.29 is 9.21 Å². The van der Waals surface area contributed by atoms with Gasteiger partial charge in [-0.05, 0) is 48.9 Å². The SMILES string of the molecule is Cc1ccc2oc(=O)c(C(=O)c3cccc(Br)c3)c(-c3ccc(Br)cc3)c2c1. The van der Waals surface area contributed by atoms with Crippen LogP contribution in [-0.4, -0.2) is 5.78 Å². The molecule has 0 unspecified atom stereocenters. The third-order valence-electron chi connectivity index (χ3n) is 4.51. The highest BCUT2D eigenvalue weighted by Gasteiger charge is 2.23. The lowest BCUT2D eigenvalue weighted by Crippen LogP contribution is -2.17. The van der Waals surface area contributed by atoms with Crippen molar-refractivity contribution >= 4 is 48.6 Å². The maximum Gasteiger partial charge on any atom is 0.348 e. The lowest BCUT2D eigenvalue weighted by Gasteiger charge is -2.12. The Balaban J connectivity index is 2.09. The summed E-state index contributed by atoms with van der Waals surface area (Å²) in [7, 11) is 0. The van der Waals surface area contributed by atoms with E-state index in [-0.39, 0.29) is 11.3 Å². The molecule has 28 heavy (non-hydrogen) atoms. The Morgan fingerprint density at radius 2 is 1.64 bits per heavy atom. The van der Waals surface area contributed by atoms with Crippen molar-refractivity contribution in [3.05, 3.63) is 103 Å². The molecule has 0 amide bonds. The molecule has 138 valence electrons. The number of ketones is 1. The van der Waals surface area contributed by atoms with E-state index < -0.39 is 5.63 Å². The number of carbonyl (C=O) groups excluding carboxylic acids is 1. The zero-order chi connectivity index (χ0) is 19.8. The third-order valence-corrected chi connectivity index (χ3v) is 5.53. The predicted molar refractivity (Wildman–Crippen MR) is 118 cm³/mol. The normalized spacial score (nSPS) is 11.0. The molecular weight excluding hydrogens is 484 g/mol. The first-order chi connectivity index (χ1) is 13.4. The lowest BCUT2D eigenvalue weighted by atomic mass is 9.92. The maximum atomic E-state index is 13.3. The summed E-state index contributed by atoms with van der Waals surface area (Å²) in [5.41, 5.74) is 2.67. The van der Waals surface area contributed by atoms with Crippen LogP contribution in [0.15, 0.2) is 84.9 Å². The van der Waals surface area contributed by atoms with Crippen LogP contribution < -0.4 is 5.63 Å². The van der Waals surface area contributed by atoms with E-state index in [1.807, 2.05) is 49.4 Å². The van der Waals surface area contributed by atoms with Gasteiger partial charge in [-0.1, -0.05) is 67.8 Å². The number of hydrogen-bond acceptors (Lipinski definition) is 3. The fourth-order valence-electron chi connectivity index (χ4n) is 3.21. The van der Waals surface area contributed by atoms with Gasteiger partial charge in [0.05, 0.1) is 0 Å². The van der Waals surface area contributed by atoms with Crippen LogP contribution in [0.4, 0.5) is 0 Å². The van der Waals surface area contributed by atoms with Crippen LogP contribution in [0.3, 0.4) is 0 Å². The molecule has 4 rings (SSSR count). The fourth-order valence-corrected chi connectivity index (χ4v) is 3.88. The summed E-state index contributed by atoms with van der Waals surface area (Å²) in [6.45, 7) is 1.96. The van der Waals surface area contributed by atoms with Gasteiger partial charge in [-0.25, -0.2) is 4.79 Å². The summed E-state index contributed by atoms with van der Waals surface area (Å²) in [4.78, 5) is 26.2. The molecule has 0 aliphatic carbocycles. The van der Waals surface area contributed by atoms with Crippen molar-refractivity contribution in [2.75, 3.05) is 0 Å². The van der Waals surface area contributed by atoms with Crippen LogP contribution in [0.25, 0.3) is 22.1 Å². The summed E-state index contributed by atoms with van der Waals surface area (Å²) in [5, 5.41) is 0.736. The topological polar surface area (TPSA) is 47.3 Å². The van der Waals surface area contributed by atoms with Gasteiger partial charge in [0, 0.05) is 25.5 Å². The van der Waals surface area contributed by atoms with Crippen molar-refractivity contribution in [2.24, 2.45) is 0 Å². The van der Waals surface area contributed by atoms with Crippen molar-refractivity contribution in [2.45, 2.75) is 6.92 Å². The highest BCUT2D eigenvalue weighted by molar-refractivity contribution is 9.10. The summed E-state index contributed by atoms with van der Waals surface area (Å²) in [6, 6.07) is 20.1. The van der Waals surface area contributed by atoms with Crippen LogP contribution in [0.1, 0.15) is 21.5 Å². The van der Waals surface area contributed by atoms with E-state index in [1.165, 1.54) is 0 Å². The number of hydrogen-bond donors (Lipinski definition) is 0. The van der Waals surface area contributed by atoms with Gasteiger partial charge in [-0.15, -0.1) is 0 Å². The predicted octanol–water partition coefficient (Wildman–Crippen LogP) is 6.52. The zero-order valence-corrected chi connectivity index (χ0v) is 18.0. The highest BCUT2D eigenvalue weighted by Crippen LogP contribution is 2.33. The van der Waals surface area contributed by atoms with Crippen LogP contribution in [-0.2, 0) is 0 Å². The summed E-state index contributed by atoms with van der Waals surface area (Å²) < 4.78 is 7.19. The Kier molecular flexibility index (Phi) is 5.04. The Morgan fingerprint density at radius 3 is 2.36 bits per heavy atom. The minimum atomic E-state index is -0.640. The van der Waals surface area contributed by atoms with Crippen molar-refractivity contribution in [3.8, 4) is 11.1 Å². The Labute approximate surface area is 178 Å². The van der Waals surface area contributed by atoms with Crippen molar-refractivity contribution in [1.82, 2.24) is 0 Å². The van der Waals surface area contributed by atoms with Gasteiger partial charge in [0.25, 0.3) is 0 Å². The van der Waals surface area contributed by atoms with Gasteiger partial charge >= 0.3 is 5.63 Å². The minimum Gasteiger partial charge on any atom is -0.422 e. The molecule has 0 fully saturated rings. The van der Waals surface area contributed by atoms with E-state index in [0.717, 1.165) is 25.5 Å². The van der Waals surface area contributed by atoms with Crippen LogP contribution in [0, 0.1) is 6.92 Å². The van der Waals surface area contributed by atoms with E-state index in [4.69, 9.17) is 4.42 Å². The van der Waals surface area contributed by atoms with Crippen molar-refractivity contribution in [3.63, 3.8) is 0 Å². The molecule has 0 aliphatic heterocycles. The van der Waals surface area contributed by atoms with Gasteiger partial charge < -0.3 is 4.42 Å². The fraction of sp³-hybridized carbons (Fsp3) is 0.0435. The average Bonchev–Trinajstić information content (AvgIpc) is 2.68. The van der Waals surface area contributed by atoms with Crippen LogP contribution >= 0.6 is 31.9 Å². The summed E-state index contributed by atoms with van der Waals surface area (Å²) in [5.74, 6) is -0.364. The molecule has 0 N–H and O–H groups in total. The van der Waals surface area contributed by atoms with Gasteiger partial charge in [-0.3, -0.25) is 4.79 Å². The van der Waals surface area contributed by atoms with Crippen molar-refractivity contribution in [1.29, 1.82) is 0 Å². The molecule has 0 atom stereocenters. The molecule has 1 heterocycles. The maximum absolute atomic E-state index is 13.3. The van der Waals surface area contributed by atoms with E-state index >= 15 is 0 Å². The van der Waals surface area contributed by atoms with E-state index in [9.17, 15) is 9.59 Å². The van der Waals surface area contributed by atoms with E-state index in [1.54, 1.807) is 24.3 Å². The standard InChI is InChI=1S/C23H14Br2O3/c1-13-5-10-19-18(11-13)20(14-6-8-16(24)9-7-14)21(23(27)28-19)22(26)15-3-2-4-17(25)12-15/h2-12H,1H3. The van der Waals surface area contributed by atoms with E-state index in [2.05, 4.69) is 31.9 Å². The Bertz CT molecular complexity index is 1270. The van der Waals surface area contributed by atoms with Crippen LogP contribution in [0.2, 0.25) is 0 Å². The second-order valence-corrected chi connectivity index (χ2v) is 8.32. The Hall–Kier alpha value is -2.50. The van der Waals surface area contributed by atoms with E-state index in [0.29, 0.717) is 16.7 Å². The number of fused-ring (bicyclic) bond motifs is 1. The lowest BCUT2D eigenvalue weighted by molar-refractivity contribution is 0.103. The van der Waals surface area contributed by atoms with Gasteiger partial charge in [0.2, 0.25) is 5.78 Å². The second-order valence-electron chi connectivity index (χ2n) is 6.49. The molecule has 4 aromatic rings. The molecule has 0 spiro atoms. The highest BCUT2D eigenvalue weighted by atomic mass is 79.9. The molecular formula is C23H14Br2O3. The number of aryl methyl sites for hydroxylation is 1. The molecule has 1 aromatic heterocycles. The monoisotopic (exact) mass is 496 g/mol. The second kappa shape index (κ2) is 7.49. The largest absolute Gasteiger partial charge is 0.422 e. The summed E-state index contributed by atoms with van der Waals surface area (Å²) >= 11 is 6.82. The molecule has 3 aromatic carbocycles. The molecule has 0 bridgehead atoms. The molecule has 0 saturated carbocycles.